The summed E-state index contributed by atoms with van der Waals surface area (Å²) >= 11 is 0. The van der Waals surface area contributed by atoms with Crippen LogP contribution in [0, 0.1) is 18.6 Å². The predicted octanol–water partition coefficient (Wildman–Crippen LogP) is 3.82. The Morgan fingerprint density at radius 3 is 2.48 bits per heavy atom. The average molecular weight is 450 g/mol. The van der Waals surface area contributed by atoms with Gasteiger partial charge in [0.15, 0.2) is 15.8 Å². The van der Waals surface area contributed by atoms with E-state index in [4.69, 9.17) is 4.42 Å². The maximum absolute atomic E-state index is 13.7. The van der Waals surface area contributed by atoms with E-state index in [-0.39, 0.29) is 18.1 Å². The summed E-state index contributed by atoms with van der Waals surface area (Å²) in [5.74, 6) is 0.144. The lowest BCUT2D eigenvalue weighted by molar-refractivity contribution is 0.534. The van der Waals surface area contributed by atoms with E-state index in [1.807, 2.05) is 13.8 Å². The summed E-state index contributed by atoms with van der Waals surface area (Å²) in [5, 5.41) is 6.95. The predicted molar refractivity (Wildman–Crippen MR) is 118 cm³/mol. The van der Waals surface area contributed by atoms with Gasteiger partial charge in [0.1, 0.15) is 23.0 Å². The minimum Gasteiger partial charge on any atom is -0.459 e. The third kappa shape index (κ3) is 6.04. The molecular formula is C22H25F2N3O3S. The highest BCUT2D eigenvalue weighted by atomic mass is 32.2. The van der Waals surface area contributed by atoms with Crippen LogP contribution >= 0.6 is 0 Å². The van der Waals surface area contributed by atoms with Crippen LogP contribution in [0.4, 0.5) is 8.78 Å². The molecule has 0 atom stereocenters. The van der Waals surface area contributed by atoms with Crippen LogP contribution in [0.15, 0.2) is 45.8 Å². The molecule has 2 N–H and O–H groups in total. The topological polar surface area (TPSA) is 83.7 Å². The Labute approximate surface area is 180 Å². The first-order chi connectivity index (χ1) is 14.7. The van der Waals surface area contributed by atoms with Gasteiger partial charge in [-0.3, -0.25) is 0 Å². The summed E-state index contributed by atoms with van der Waals surface area (Å²) in [6.07, 6.45) is 1.14. The Morgan fingerprint density at radius 1 is 1.06 bits per heavy atom. The van der Waals surface area contributed by atoms with Crippen LogP contribution < -0.4 is 10.6 Å². The van der Waals surface area contributed by atoms with Crippen molar-refractivity contribution >= 4 is 26.8 Å². The lowest BCUT2D eigenvalue weighted by atomic mass is 10.1. The first-order valence-electron chi connectivity index (χ1n) is 9.81. The Kier molecular flexibility index (Phi) is 6.94. The molecule has 3 aromatic rings. The van der Waals surface area contributed by atoms with Crippen LogP contribution in [0.3, 0.4) is 0 Å². The highest BCUT2D eigenvalue weighted by Crippen LogP contribution is 2.25. The third-order valence-corrected chi connectivity index (χ3v) is 5.59. The van der Waals surface area contributed by atoms with E-state index in [0.29, 0.717) is 46.9 Å². The number of nitrogens with zero attached hydrogens (tertiary/aromatic N) is 1. The monoisotopic (exact) mass is 449 g/mol. The van der Waals surface area contributed by atoms with Crippen LogP contribution in [-0.2, 0) is 28.7 Å². The van der Waals surface area contributed by atoms with E-state index < -0.39 is 15.7 Å². The van der Waals surface area contributed by atoms with Gasteiger partial charge in [-0.05, 0) is 55.3 Å². The van der Waals surface area contributed by atoms with E-state index in [9.17, 15) is 17.2 Å². The molecule has 0 fully saturated rings. The fourth-order valence-corrected chi connectivity index (χ4v) is 4.09. The Balaban J connectivity index is 1.79. The van der Waals surface area contributed by atoms with Gasteiger partial charge in [-0.25, -0.2) is 22.2 Å². The minimum atomic E-state index is -3.27. The molecular weight excluding hydrogens is 424 g/mol. The number of fused-ring (bicyclic) bond motifs is 1. The van der Waals surface area contributed by atoms with Crippen molar-refractivity contribution in [2.24, 2.45) is 4.99 Å². The molecule has 3 rings (SSSR count). The fourth-order valence-electron chi connectivity index (χ4n) is 3.25. The van der Waals surface area contributed by atoms with Gasteiger partial charge in [-0.15, -0.1) is 0 Å². The van der Waals surface area contributed by atoms with Crippen LogP contribution in [-0.4, -0.2) is 27.2 Å². The minimum absolute atomic E-state index is 0.0995. The van der Waals surface area contributed by atoms with Crippen molar-refractivity contribution in [3.05, 3.63) is 70.5 Å². The highest BCUT2D eigenvalue weighted by Gasteiger charge is 2.13. The first-order valence-corrected chi connectivity index (χ1v) is 11.9. The lowest BCUT2D eigenvalue weighted by Crippen LogP contribution is -2.36. The van der Waals surface area contributed by atoms with Gasteiger partial charge in [0.2, 0.25) is 0 Å². The van der Waals surface area contributed by atoms with Crippen molar-refractivity contribution in [1.29, 1.82) is 0 Å². The summed E-state index contributed by atoms with van der Waals surface area (Å²) in [7, 11) is -3.27. The van der Waals surface area contributed by atoms with E-state index in [1.54, 1.807) is 6.07 Å². The Bertz CT molecular complexity index is 1220. The molecule has 0 aliphatic heterocycles. The number of furan rings is 1. The molecule has 0 saturated heterocycles. The van der Waals surface area contributed by atoms with E-state index in [0.717, 1.165) is 11.8 Å². The summed E-state index contributed by atoms with van der Waals surface area (Å²) in [4.78, 5) is 4.46. The Hall–Kier alpha value is -2.94. The molecule has 2 aromatic carbocycles. The molecule has 0 unspecified atom stereocenters. The molecule has 0 aliphatic carbocycles. The van der Waals surface area contributed by atoms with Crippen LogP contribution in [0.5, 0.6) is 0 Å². The number of benzene rings is 2. The van der Waals surface area contributed by atoms with Gasteiger partial charge >= 0.3 is 0 Å². The van der Waals surface area contributed by atoms with Gasteiger partial charge in [0, 0.05) is 23.8 Å². The zero-order valence-electron chi connectivity index (χ0n) is 17.6. The molecule has 0 amide bonds. The second-order valence-corrected chi connectivity index (χ2v) is 9.46. The standard InChI is InChI=1S/C22H25F2N3O3S/c1-4-25-22(26-11-16-9-17(23)6-5-15(16)13-31(3,28)29)27-12-21-14(2)19-10-18(24)7-8-20(19)30-21/h5-10H,4,11-13H2,1-3H3,(H2,25,26,27). The van der Waals surface area contributed by atoms with Crippen molar-refractivity contribution in [2.45, 2.75) is 32.7 Å². The summed E-state index contributed by atoms with van der Waals surface area (Å²) in [6.45, 7) is 4.77. The number of hydrogen-bond donors (Lipinski definition) is 2. The fraction of sp³-hybridized carbons (Fsp3) is 0.318. The number of hydrogen-bond acceptors (Lipinski definition) is 4. The summed E-state index contributed by atoms with van der Waals surface area (Å²) < 4.78 is 56.4. The maximum atomic E-state index is 13.7. The van der Waals surface area contributed by atoms with Crippen molar-refractivity contribution in [1.82, 2.24) is 10.6 Å². The molecule has 6 nitrogen and oxygen atoms in total. The largest absolute Gasteiger partial charge is 0.459 e. The van der Waals surface area contributed by atoms with E-state index >= 15 is 0 Å². The Morgan fingerprint density at radius 2 is 1.77 bits per heavy atom. The second-order valence-electron chi connectivity index (χ2n) is 7.32. The van der Waals surface area contributed by atoms with E-state index in [1.165, 1.54) is 30.3 Å². The quantitative estimate of drug-likeness (QED) is 0.423. The maximum Gasteiger partial charge on any atom is 0.191 e. The van der Waals surface area contributed by atoms with Gasteiger partial charge in [0.05, 0.1) is 18.8 Å². The number of aliphatic imine (C=N–C) groups is 1. The smallest absolute Gasteiger partial charge is 0.191 e. The molecule has 0 spiro atoms. The van der Waals surface area contributed by atoms with Gasteiger partial charge in [0.25, 0.3) is 0 Å². The number of sulfone groups is 1. The zero-order chi connectivity index (χ0) is 22.6. The molecule has 166 valence electrons. The number of aryl methyl sites for hydroxylation is 1. The summed E-state index contributed by atoms with van der Waals surface area (Å²) in [6, 6.07) is 8.38. The van der Waals surface area contributed by atoms with Crippen molar-refractivity contribution in [3.8, 4) is 0 Å². The third-order valence-electron chi connectivity index (χ3n) is 4.75. The molecule has 31 heavy (non-hydrogen) atoms. The molecule has 1 aromatic heterocycles. The normalized spacial score (nSPS) is 12.4. The highest BCUT2D eigenvalue weighted by molar-refractivity contribution is 7.89. The average Bonchev–Trinajstić information content (AvgIpc) is 3.00. The molecule has 0 radical (unpaired) electrons. The molecule has 9 heteroatoms. The molecule has 1 heterocycles. The van der Waals surface area contributed by atoms with Gasteiger partial charge in [-0.1, -0.05) is 6.07 Å². The van der Waals surface area contributed by atoms with Crippen molar-refractivity contribution in [2.75, 3.05) is 12.8 Å². The molecule has 0 aliphatic rings. The van der Waals surface area contributed by atoms with Gasteiger partial charge < -0.3 is 15.1 Å². The number of rotatable bonds is 7. The first kappa shape index (κ1) is 22.7. The number of guanidine groups is 1. The van der Waals surface area contributed by atoms with Crippen molar-refractivity contribution < 1.29 is 21.6 Å². The van der Waals surface area contributed by atoms with Crippen LogP contribution in [0.2, 0.25) is 0 Å². The zero-order valence-corrected chi connectivity index (χ0v) is 18.4. The van der Waals surface area contributed by atoms with Crippen molar-refractivity contribution in [3.63, 3.8) is 0 Å². The number of nitrogens with one attached hydrogen (secondary N) is 2. The molecule has 0 saturated carbocycles. The second kappa shape index (κ2) is 9.47. The van der Waals surface area contributed by atoms with Crippen LogP contribution in [0.25, 0.3) is 11.0 Å². The van der Waals surface area contributed by atoms with Gasteiger partial charge in [-0.2, -0.15) is 0 Å². The SMILES string of the molecule is CCNC(=NCc1cc(F)ccc1CS(C)(=O)=O)NCc1oc2ccc(F)cc2c1C. The van der Waals surface area contributed by atoms with Crippen LogP contribution in [0.1, 0.15) is 29.4 Å². The molecule has 0 bridgehead atoms. The van der Waals surface area contributed by atoms with E-state index in [2.05, 4.69) is 15.6 Å². The lowest BCUT2D eigenvalue weighted by Gasteiger charge is -2.12. The number of halogens is 2. The summed E-state index contributed by atoms with van der Waals surface area (Å²) in [5.41, 5.74) is 2.44.